The van der Waals surface area contributed by atoms with Gasteiger partial charge in [0.2, 0.25) is 0 Å². The monoisotopic (exact) mass is 354 g/mol. The quantitative estimate of drug-likeness (QED) is 0.444. The van der Waals surface area contributed by atoms with Gasteiger partial charge in [-0.1, -0.05) is 0 Å². The first-order chi connectivity index (χ1) is 11.3. The van der Waals surface area contributed by atoms with Crippen LogP contribution < -0.4 is 4.74 Å². The predicted octanol–water partition coefficient (Wildman–Crippen LogP) is 5.73. The molecule has 7 heteroatoms. The molecule has 0 N–H and O–H groups in total. The maximum Gasteiger partial charge on any atom is 0.573 e. The highest BCUT2D eigenvalue weighted by Crippen LogP contribution is 2.40. The second kappa shape index (κ2) is 5.90. The molecule has 2 aromatic carbocycles. The Kier molecular flexibility index (Phi) is 4.04. The van der Waals surface area contributed by atoms with Crippen LogP contribution in [0.25, 0.3) is 20.5 Å². The molecular formula is C17H10F4O2S. The van der Waals surface area contributed by atoms with E-state index in [1.807, 2.05) is 0 Å². The van der Waals surface area contributed by atoms with Gasteiger partial charge in [-0.2, -0.15) is 0 Å². The Hall–Kier alpha value is -2.41. The van der Waals surface area contributed by atoms with E-state index in [9.17, 15) is 22.4 Å². The Balaban J connectivity index is 2.16. The van der Waals surface area contributed by atoms with Crippen molar-refractivity contribution in [3.05, 3.63) is 53.3 Å². The maximum absolute atomic E-state index is 13.4. The van der Waals surface area contributed by atoms with Gasteiger partial charge < -0.3 is 4.74 Å². The van der Waals surface area contributed by atoms with Crippen LogP contribution in [-0.2, 0) is 0 Å². The minimum Gasteiger partial charge on any atom is -0.406 e. The van der Waals surface area contributed by atoms with Crippen molar-refractivity contribution in [2.75, 3.05) is 0 Å². The van der Waals surface area contributed by atoms with Crippen LogP contribution in [0.1, 0.15) is 15.9 Å². The number of aldehydes is 1. The highest BCUT2D eigenvalue weighted by molar-refractivity contribution is 7.22. The van der Waals surface area contributed by atoms with Gasteiger partial charge in [-0.05, 0) is 59.8 Å². The van der Waals surface area contributed by atoms with E-state index in [0.717, 1.165) is 16.3 Å². The lowest BCUT2D eigenvalue weighted by Gasteiger charge is -2.11. The third kappa shape index (κ3) is 3.26. The van der Waals surface area contributed by atoms with Crippen LogP contribution >= 0.6 is 11.3 Å². The zero-order chi connectivity index (χ0) is 17.5. The Labute approximate surface area is 138 Å². The molecule has 0 spiro atoms. The molecule has 124 valence electrons. The summed E-state index contributed by atoms with van der Waals surface area (Å²) in [7, 11) is 0. The number of ether oxygens (including phenoxy) is 1. The number of hydrogen-bond acceptors (Lipinski definition) is 3. The van der Waals surface area contributed by atoms with Gasteiger partial charge in [0.15, 0.2) is 0 Å². The molecule has 1 heterocycles. The number of halogens is 4. The molecule has 0 saturated carbocycles. The molecule has 0 aliphatic rings. The van der Waals surface area contributed by atoms with Crippen LogP contribution in [0.3, 0.4) is 0 Å². The summed E-state index contributed by atoms with van der Waals surface area (Å²) in [6.45, 7) is 1.76. The SMILES string of the molecule is Cc1c(-c2cc(C=O)cc(OC(F)(F)F)c2)sc2ccc(F)cc12. The lowest BCUT2D eigenvalue weighted by Crippen LogP contribution is -2.17. The lowest BCUT2D eigenvalue weighted by molar-refractivity contribution is -0.274. The minimum atomic E-state index is -4.85. The lowest BCUT2D eigenvalue weighted by atomic mass is 10.0. The van der Waals surface area contributed by atoms with Crippen molar-refractivity contribution >= 4 is 27.7 Å². The summed E-state index contributed by atoms with van der Waals surface area (Å²) < 4.78 is 55.5. The predicted molar refractivity (Wildman–Crippen MR) is 84.0 cm³/mol. The molecule has 0 unspecified atom stereocenters. The molecule has 3 rings (SSSR count). The van der Waals surface area contributed by atoms with E-state index < -0.39 is 17.9 Å². The van der Waals surface area contributed by atoms with E-state index in [0.29, 0.717) is 22.1 Å². The van der Waals surface area contributed by atoms with E-state index in [1.54, 1.807) is 13.0 Å². The van der Waals surface area contributed by atoms with E-state index in [1.165, 1.54) is 35.6 Å². The number of carbonyl (C=O) groups excluding carboxylic acids is 1. The van der Waals surface area contributed by atoms with Crippen LogP contribution in [0.4, 0.5) is 17.6 Å². The van der Waals surface area contributed by atoms with Crippen molar-refractivity contribution in [3.63, 3.8) is 0 Å². The summed E-state index contributed by atoms with van der Waals surface area (Å²) >= 11 is 1.31. The average molecular weight is 354 g/mol. The first-order valence-electron chi connectivity index (χ1n) is 6.82. The van der Waals surface area contributed by atoms with Gasteiger partial charge in [-0.25, -0.2) is 4.39 Å². The molecule has 0 amide bonds. The topological polar surface area (TPSA) is 26.3 Å². The number of carbonyl (C=O) groups is 1. The number of fused-ring (bicyclic) bond motifs is 1. The molecule has 0 fully saturated rings. The Morgan fingerprint density at radius 2 is 1.88 bits per heavy atom. The van der Waals surface area contributed by atoms with E-state index >= 15 is 0 Å². The summed E-state index contributed by atoms with van der Waals surface area (Å²) in [5, 5.41) is 0.685. The molecule has 0 radical (unpaired) electrons. The fourth-order valence-electron chi connectivity index (χ4n) is 2.48. The van der Waals surface area contributed by atoms with Crippen LogP contribution in [0.2, 0.25) is 0 Å². The van der Waals surface area contributed by atoms with Gasteiger partial charge in [-0.3, -0.25) is 4.79 Å². The maximum atomic E-state index is 13.4. The molecule has 0 bridgehead atoms. The molecule has 2 nitrogen and oxygen atoms in total. The molecule has 1 aromatic heterocycles. The average Bonchev–Trinajstić information content (AvgIpc) is 2.82. The van der Waals surface area contributed by atoms with E-state index in [2.05, 4.69) is 4.74 Å². The summed E-state index contributed by atoms with van der Waals surface area (Å²) in [4.78, 5) is 11.7. The molecule has 0 aliphatic carbocycles. The highest BCUT2D eigenvalue weighted by atomic mass is 32.1. The fourth-order valence-corrected chi connectivity index (χ4v) is 3.66. The molecule has 24 heavy (non-hydrogen) atoms. The summed E-state index contributed by atoms with van der Waals surface area (Å²) in [6, 6.07) is 8.02. The molecule has 3 aromatic rings. The normalized spacial score (nSPS) is 11.7. The number of alkyl halides is 3. The molecule has 0 saturated heterocycles. The van der Waals surface area contributed by atoms with E-state index in [-0.39, 0.29) is 5.56 Å². The second-order valence-corrected chi connectivity index (χ2v) is 6.21. The molecular weight excluding hydrogens is 344 g/mol. The highest BCUT2D eigenvalue weighted by Gasteiger charge is 2.31. The third-order valence-electron chi connectivity index (χ3n) is 3.46. The smallest absolute Gasteiger partial charge is 0.406 e. The summed E-state index contributed by atoms with van der Waals surface area (Å²) in [6.07, 6.45) is -4.40. The number of rotatable bonds is 3. The van der Waals surface area contributed by atoms with Gasteiger partial charge >= 0.3 is 6.36 Å². The number of benzene rings is 2. The fraction of sp³-hybridized carbons (Fsp3) is 0.118. The van der Waals surface area contributed by atoms with Crippen molar-refractivity contribution in [3.8, 4) is 16.2 Å². The minimum absolute atomic E-state index is 0.0646. The van der Waals surface area contributed by atoms with Crippen LogP contribution in [0.15, 0.2) is 36.4 Å². The van der Waals surface area contributed by atoms with Crippen LogP contribution in [-0.4, -0.2) is 12.6 Å². The van der Waals surface area contributed by atoms with Gasteiger partial charge in [0, 0.05) is 15.1 Å². The molecule has 0 aliphatic heterocycles. The summed E-state index contributed by atoms with van der Waals surface area (Å²) in [5.74, 6) is -0.858. The van der Waals surface area contributed by atoms with Gasteiger partial charge in [0.1, 0.15) is 17.9 Å². The Morgan fingerprint density at radius 3 is 2.54 bits per heavy atom. The van der Waals surface area contributed by atoms with Crippen molar-refractivity contribution in [2.45, 2.75) is 13.3 Å². The summed E-state index contributed by atoms with van der Waals surface area (Å²) in [5.41, 5.74) is 1.21. The van der Waals surface area contributed by atoms with Crippen molar-refractivity contribution in [1.29, 1.82) is 0 Å². The largest absolute Gasteiger partial charge is 0.573 e. The van der Waals surface area contributed by atoms with Gasteiger partial charge in [-0.15, -0.1) is 24.5 Å². The van der Waals surface area contributed by atoms with Crippen molar-refractivity contribution in [1.82, 2.24) is 0 Å². The van der Waals surface area contributed by atoms with Crippen LogP contribution in [0.5, 0.6) is 5.75 Å². The number of aryl methyl sites for hydroxylation is 1. The Bertz CT molecular complexity index is 928. The standard InChI is InChI=1S/C17H10F4O2S/c1-9-14-7-12(18)2-3-15(14)24-16(9)11-4-10(8-22)5-13(6-11)23-17(19,20)21/h2-8H,1H3. The second-order valence-electron chi connectivity index (χ2n) is 5.15. The van der Waals surface area contributed by atoms with Gasteiger partial charge in [0.25, 0.3) is 0 Å². The van der Waals surface area contributed by atoms with Crippen molar-refractivity contribution in [2.24, 2.45) is 0 Å². The third-order valence-corrected chi connectivity index (χ3v) is 4.78. The zero-order valence-electron chi connectivity index (χ0n) is 12.3. The first kappa shape index (κ1) is 16.4. The zero-order valence-corrected chi connectivity index (χ0v) is 13.1. The van der Waals surface area contributed by atoms with Crippen molar-refractivity contribution < 1.29 is 27.1 Å². The Morgan fingerprint density at radius 1 is 1.12 bits per heavy atom. The number of thiophene rings is 1. The van der Waals surface area contributed by atoms with Gasteiger partial charge in [0.05, 0.1) is 0 Å². The van der Waals surface area contributed by atoms with Crippen LogP contribution in [0, 0.1) is 12.7 Å². The molecule has 0 atom stereocenters. The number of hydrogen-bond donors (Lipinski definition) is 0. The van der Waals surface area contributed by atoms with E-state index in [4.69, 9.17) is 0 Å². The first-order valence-corrected chi connectivity index (χ1v) is 7.63.